The molecule has 0 N–H and O–H groups in total. The third-order valence-electron chi connectivity index (χ3n) is 1.93. The van der Waals surface area contributed by atoms with Crippen molar-refractivity contribution in [2.75, 3.05) is 27.4 Å². The average molecular weight is 222 g/mol. The minimum absolute atomic E-state index is 0.469. The smallest absolute Gasteiger partial charge is 0.283 e. The SMILES string of the molecule is CCOC(C)(OC)OC(C)(OC)OCC. The first-order chi connectivity index (χ1) is 6.95. The molecule has 0 rings (SSSR count). The van der Waals surface area contributed by atoms with Crippen LogP contribution in [0.15, 0.2) is 0 Å². The molecule has 0 spiro atoms. The molecule has 0 saturated carbocycles. The maximum atomic E-state index is 5.52. The second-order valence-electron chi connectivity index (χ2n) is 3.10. The standard InChI is InChI=1S/C10H22O5/c1-7-13-9(3,11-5)15-10(4,12-6)14-8-2/h7-8H2,1-6H3. The van der Waals surface area contributed by atoms with Gasteiger partial charge in [-0.25, -0.2) is 0 Å². The molecule has 0 aliphatic carbocycles. The summed E-state index contributed by atoms with van der Waals surface area (Å²) in [5, 5.41) is 0. The fraction of sp³-hybridized carbons (Fsp3) is 1.00. The highest BCUT2D eigenvalue weighted by molar-refractivity contribution is 4.54. The van der Waals surface area contributed by atoms with Crippen LogP contribution in [0.1, 0.15) is 27.7 Å². The second kappa shape index (κ2) is 6.40. The van der Waals surface area contributed by atoms with Crippen molar-refractivity contribution in [1.29, 1.82) is 0 Å². The van der Waals surface area contributed by atoms with Gasteiger partial charge in [-0.05, 0) is 13.8 Å². The number of rotatable bonds is 8. The highest BCUT2D eigenvalue weighted by Gasteiger charge is 2.38. The largest absolute Gasteiger partial charge is 0.331 e. The van der Waals surface area contributed by atoms with E-state index in [2.05, 4.69) is 0 Å². The zero-order valence-electron chi connectivity index (χ0n) is 10.5. The minimum Gasteiger partial charge on any atom is -0.331 e. The molecule has 0 aliphatic rings. The van der Waals surface area contributed by atoms with E-state index in [-0.39, 0.29) is 0 Å². The summed E-state index contributed by atoms with van der Waals surface area (Å²) in [6.07, 6.45) is 0. The van der Waals surface area contributed by atoms with Crippen molar-refractivity contribution in [2.45, 2.75) is 39.6 Å². The van der Waals surface area contributed by atoms with E-state index in [4.69, 9.17) is 23.7 Å². The molecule has 0 aromatic heterocycles. The van der Waals surface area contributed by atoms with Gasteiger partial charge in [0.25, 0.3) is 11.9 Å². The van der Waals surface area contributed by atoms with Crippen LogP contribution in [0.4, 0.5) is 0 Å². The lowest BCUT2D eigenvalue weighted by Crippen LogP contribution is -2.47. The quantitative estimate of drug-likeness (QED) is 0.585. The van der Waals surface area contributed by atoms with Crippen LogP contribution in [0.2, 0.25) is 0 Å². The molecule has 0 aromatic carbocycles. The molecule has 5 heteroatoms. The summed E-state index contributed by atoms with van der Waals surface area (Å²) in [6.45, 7) is 7.96. The first kappa shape index (κ1) is 14.8. The molecule has 15 heavy (non-hydrogen) atoms. The fourth-order valence-corrected chi connectivity index (χ4v) is 1.12. The van der Waals surface area contributed by atoms with Gasteiger partial charge in [-0.15, -0.1) is 0 Å². The topological polar surface area (TPSA) is 46.2 Å². The lowest BCUT2D eigenvalue weighted by atomic mass is 10.5. The zero-order chi connectivity index (χ0) is 11.9. The van der Waals surface area contributed by atoms with Crippen molar-refractivity contribution in [3.63, 3.8) is 0 Å². The third kappa shape index (κ3) is 4.90. The van der Waals surface area contributed by atoms with Crippen LogP contribution in [0.25, 0.3) is 0 Å². The first-order valence-corrected chi connectivity index (χ1v) is 5.03. The summed E-state index contributed by atoms with van der Waals surface area (Å²) in [6, 6.07) is 0. The molecule has 0 saturated heterocycles. The van der Waals surface area contributed by atoms with Gasteiger partial charge in [0.05, 0.1) is 0 Å². The van der Waals surface area contributed by atoms with Crippen LogP contribution in [0.3, 0.4) is 0 Å². The van der Waals surface area contributed by atoms with Crippen molar-refractivity contribution >= 4 is 0 Å². The molecule has 0 amide bonds. The van der Waals surface area contributed by atoms with Crippen LogP contribution in [-0.2, 0) is 23.7 Å². The van der Waals surface area contributed by atoms with Gasteiger partial charge >= 0.3 is 0 Å². The van der Waals surface area contributed by atoms with Gasteiger partial charge in [-0.2, -0.15) is 0 Å². The highest BCUT2D eigenvalue weighted by Crippen LogP contribution is 2.24. The highest BCUT2D eigenvalue weighted by atomic mass is 17.0. The van der Waals surface area contributed by atoms with Gasteiger partial charge in [0.1, 0.15) is 0 Å². The summed E-state index contributed by atoms with van der Waals surface area (Å²) in [4.78, 5) is 0. The van der Waals surface area contributed by atoms with Crippen LogP contribution < -0.4 is 0 Å². The summed E-state index contributed by atoms with van der Waals surface area (Å²) in [5.74, 6) is -2.34. The van der Waals surface area contributed by atoms with Crippen LogP contribution in [-0.4, -0.2) is 39.4 Å². The van der Waals surface area contributed by atoms with Crippen molar-refractivity contribution < 1.29 is 23.7 Å². The van der Waals surface area contributed by atoms with Crippen LogP contribution in [0.5, 0.6) is 0 Å². The average Bonchev–Trinajstić information content (AvgIpc) is 2.18. The molecule has 0 aliphatic heterocycles. The van der Waals surface area contributed by atoms with Gasteiger partial charge in [0.2, 0.25) is 0 Å². The van der Waals surface area contributed by atoms with Crippen molar-refractivity contribution in [1.82, 2.24) is 0 Å². The maximum Gasteiger partial charge on any atom is 0.283 e. The Kier molecular flexibility index (Phi) is 6.31. The summed E-state index contributed by atoms with van der Waals surface area (Å²) < 4.78 is 26.4. The molecule has 0 aromatic rings. The lowest BCUT2D eigenvalue weighted by molar-refractivity contribution is -0.483. The number of ether oxygens (including phenoxy) is 5. The molecule has 92 valence electrons. The van der Waals surface area contributed by atoms with Crippen LogP contribution in [0, 0.1) is 0 Å². The maximum absolute atomic E-state index is 5.52. The van der Waals surface area contributed by atoms with E-state index in [1.165, 1.54) is 14.2 Å². The van der Waals surface area contributed by atoms with Gasteiger partial charge < -0.3 is 18.9 Å². The Morgan fingerprint density at radius 2 is 1.13 bits per heavy atom. The van der Waals surface area contributed by atoms with E-state index in [1.807, 2.05) is 13.8 Å². The van der Waals surface area contributed by atoms with E-state index in [0.717, 1.165) is 0 Å². The molecule has 0 fully saturated rings. The molecular weight excluding hydrogens is 200 g/mol. The first-order valence-electron chi connectivity index (χ1n) is 5.03. The molecule has 0 heterocycles. The summed E-state index contributed by atoms with van der Waals surface area (Å²) in [7, 11) is 3.00. The molecule has 5 nitrogen and oxygen atoms in total. The molecule has 2 atom stereocenters. The summed E-state index contributed by atoms with van der Waals surface area (Å²) in [5.41, 5.74) is 0. The molecule has 0 bridgehead atoms. The summed E-state index contributed by atoms with van der Waals surface area (Å²) >= 11 is 0. The lowest BCUT2D eigenvalue weighted by Gasteiger charge is -2.36. The molecule has 0 radical (unpaired) electrons. The van der Waals surface area contributed by atoms with E-state index >= 15 is 0 Å². The predicted molar refractivity (Wildman–Crippen MR) is 55.2 cm³/mol. The van der Waals surface area contributed by atoms with Gasteiger partial charge in [-0.1, -0.05) is 0 Å². The molecule has 2 unspecified atom stereocenters. The Morgan fingerprint density at radius 1 is 0.800 bits per heavy atom. The Bertz CT molecular complexity index is 157. The monoisotopic (exact) mass is 222 g/mol. The van der Waals surface area contributed by atoms with E-state index in [9.17, 15) is 0 Å². The van der Waals surface area contributed by atoms with E-state index < -0.39 is 11.9 Å². The molecular formula is C10H22O5. The number of hydrogen-bond acceptors (Lipinski definition) is 5. The van der Waals surface area contributed by atoms with Gasteiger partial charge in [0.15, 0.2) is 0 Å². The number of hydrogen-bond donors (Lipinski definition) is 0. The van der Waals surface area contributed by atoms with Gasteiger partial charge in [-0.3, -0.25) is 4.74 Å². The zero-order valence-corrected chi connectivity index (χ0v) is 10.5. The minimum atomic E-state index is -1.17. The van der Waals surface area contributed by atoms with Gasteiger partial charge in [0, 0.05) is 41.3 Å². The Morgan fingerprint density at radius 3 is 1.33 bits per heavy atom. The fourth-order valence-electron chi connectivity index (χ4n) is 1.12. The second-order valence-corrected chi connectivity index (χ2v) is 3.10. The Hall–Kier alpha value is -0.200. The van der Waals surface area contributed by atoms with Crippen LogP contribution >= 0.6 is 0 Å². The van der Waals surface area contributed by atoms with Crippen molar-refractivity contribution in [3.05, 3.63) is 0 Å². The van der Waals surface area contributed by atoms with E-state index in [0.29, 0.717) is 13.2 Å². The van der Waals surface area contributed by atoms with E-state index in [1.54, 1.807) is 13.8 Å². The van der Waals surface area contributed by atoms with Crippen molar-refractivity contribution in [2.24, 2.45) is 0 Å². The van der Waals surface area contributed by atoms with Crippen molar-refractivity contribution in [3.8, 4) is 0 Å². The Balaban J connectivity index is 4.47. The predicted octanol–water partition coefficient (Wildman–Crippen LogP) is 1.72. The normalized spacial score (nSPS) is 19.6. The third-order valence-corrected chi connectivity index (χ3v) is 1.93. The Labute approximate surface area is 91.6 Å². The number of methoxy groups -OCH3 is 2.